The van der Waals surface area contributed by atoms with E-state index in [0.717, 1.165) is 5.57 Å². The molecule has 2 rings (SSSR count). The first-order chi connectivity index (χ1) is 14.3. The van der Waals surface area contributed by atoms with Crippen LogP contribution >= 0.6 is 0 Å². The highest BCUT2D eigenvalue weighted by Gasteiger charge is 2.26. The molecule has 4 heteroatoms. The molecular formula is C26H33N3O. The van der Waals surface area contributed by atoms with Crippen LogP contribution in [0.25, 0.3) is 0 Å². The molecule has 0 unspecified atom stereocenters. The summed E-state index contributed by atoms with van der Waals surface area (Å²) >= 11 is 0. The van der Waals surface area contributed by atoms with E-state index >= 15 is 0 Å². The normalized spacial score (nSPS) is 18.0. The predicted molar refractivity (Wildman–Crippen MR) is 126 cm³/mol. The SMILES string of the molecule is CC1=C(C=C/C(C)=C/C=C/C(C)=C\C=N\NC(=O)c2ccncc2)C(C)(C)CCC1. The molecule has 0 radical (unpaired) electrons. The van der Waals surface area contributed by atoms with Crippen LogP contribution in [0.2, 0.25) is 0 Å². The van der Waals surface area contributed by atoms with Gasteiger partial charge in [-0.25, -0.2) is 5.43 Å². The third-order valence-corrected chi connectivity index (χ3v) is 5.29. The largest absolute Gasteiger partial charge is 0.271 e. The highest BCUT2D eigenvalue weighted by Crippen LogP contribution is 2.40. The number of rotatable bonds is 7. The lowest BCUT2D eigenvalue weighted by Crippen LogP contribution is -2.19. The van der Waals surface area contributed by atoms with Gasteiger partial charge in [-0.3, -0.25) is 9.78 Å². The molecule has 1 N–H and O–H groups in total. The Kier molecular flexibility index (Phi) is 8.72. The fraction of sp³-hybridized carbons (Fsp3) is 0.346. The summed E-state index contributed by atoms with van der Waals surface area (Å²) in [5.41, 5.74) is 8.52. The summed E-state index contributed by atoms with van der Waals surface area (Å²) in [6.07, 6.45) is 21.0. The third kappa shape index (κ3) is 7.43. The van der Waals surface area contributed by atoms with Crippen LogP contribution in [0.1, 0.15) is 64.2 Å². The quantitative estimate of drug-likeness (QED) is 0.329. The van der Waals surface area contributed by atoms with E-state index in [0.29, 0.717) is 5.56 Å². The third-order valence-electron chi connectivity index (χ3n) is 5.29. The summed E-state index contributed by atoms with van der Waals surface area (Å²) in [7, 11) is 0. The van der Waals surface area contributed by atoms with E-state index in [2.05, 4.69) is 61.4 Å². The van der Waals surface area contributed by atoms with Crippen molar-refractivity contribution in [3.63, 3.8) is 0 Å². The van der Waals surface area contributed by atoms with Crippen molar-refractivity contribution < 1.29 is 4.79 Å². The minimum absolute atomic E-state index is 0.257. The Hall–Kier alpha value is -3.01. The molecule has 0 saturated heterocycles. The number of carbonyl (C=O) groups is 1. The Morgan fingerprint density at radius 2 is 1.83 bits per heavy atom. The molecule has 30 heavy (non-hydrogen) atoms. The maximum atomic E-state index is 11.9. The second-order valence-corrected chi connectivity index (χ2v) is 8.40. The van der Waals surface area contributed by atoms with Crippen molar-refractivity contribution in [3.05, 3.63) is 88.8 Å². The van der Waals surface area contributed by atoms with Gasteiger partial charge in [-0.1, -0.05) is 55.4 Å². The molecule has 1 aliphatic rings. The zero-order chi connectivity index (χ0) is 22.0. The molecular weight excluding hydrogens is 370 g/mol. The predicted octanol–water partition coefficient (Wildman–Crippen LogP) is 6.33. The van der Waals surface area contributed by atoms with E-state index in [4.69, 9.17) is 0 Å². The summed E-state index contributed by atoms with van der Waals surface area (Å²) in [6, 6.07) is 3.29. The molecule has 0 saturated carbocycles. The average Bonchev–Trinajstić information content (AvgIpc) is 2.71. The smallest absolute Gasteiger partial charge is 0.267 e. The Morgan fingerprint density at radius 1 is 1.13 bits per heavy atom. The fourth-order valence-electron chi connectivity index (χ4n) is 3.51. The van der Waals surface area contributed by atoms with Crippen LogP contribution in [0.15, 0.2) is 88.4 Å². The van der Waals surface area contributed by atoms with E-state index in [1.54, 1.807) is 30.7 Å². The van der Waals surface area contributed by atoms with Gasteiger partial charge in [0.15, 0.2) is 0 Å². The highest BCUT2D eigenvalue weighted by molar-refractivity contribution is 5.94. The van der Waals surface area contributed by atoms with Gasteiger partial charge >= 0.3 is 0 Å². The number of hydrogen-bond acceptors (Lipinski definition) is 3. The van der Waals surface area contributed by atoms with Crippen LogP contribution in [0.5, 0.6) is 0 Å². The van der Waals surface area contributed by atoms with Crippen LogP contribution in [-0.2, 0) is 0 Å². The number of nitrogens with zero attached hydrogens (tertiary/aromatic N) is 2. The molecule has 0 spiro atoms. The van der Waals surface area contributed by atoms with E-state index in [9.17, 15) is 4.79 Å². The van der Waals surface area contributed by atoms with Gasteiger partial charge in [0.05, 0.1) is 0 Å². The molecule has 1 aliphatic carbocycles. The lowest BCUT2D eigenvalue weighted by Gasteiger charge is -2.32. The fourth-order valence-corrected chi connectivity index (χ4v) is 3.51. The Morgan fingerprint density at radius 3 is 2.53 bits per heavy atom. The number of aromatic nitrogens is 1. The number of carbonyl (C=O) groups excluding carboxylic acids is 1. The molecule has 1 aromatic heterocycles. The van der Waals surface area contributed by atoms with Gasteiger partial charge in [0.1, 0.15) is 0 Å². The summed E-state index contributed by atoms with van der Waals surface area (Å²) in [5, 5.41) is 3.95. The molecule has 0 bridgehead atoms. The maximum Gasteiger partial charge on any atom is 0.271 e. The molecule has 0 fully saturated rings. The summed E-state index contributed by atoms with van der Waals surface area (Å²) in [6.45, 7) is 11.0. The molecule has 1 aromatic rings. The summed E-state index contributed by atoms with van der Waals surface area (Å²) < 4.78 is 0. The second kappa shape index (κ2) is 11.2. The lowest BCUT2D eigenvalue weighted by atomic mass is 9.72. The van der Waals surface area contributed by atoms with Crippen LogP contribution in [0.3, 0.4) is 0 Å². The van der Waals surface area contributed by atoms with Crippen molar-refractivity contribution in [2.24, 2.45) is 10.5 Å². The van der Waals surface area contributed by atoms with E-state index in [1.807, 2.05) is 25.2 Å². The van der Waals surface area contributed by atoms with E-state index in [-0.39, 0.29) is 11.3 Å². The second-order valence-electron chi connectivity index (χ2n) is 8.40. The molecule has 0 aliphatic heterocycles. The molecule has 158 valence electrons. The molecule has 0 atom stereocenters. The van der Waals surface area contributed by atoms with Crippen LogP contribution in [0.4, 0.5) is 0 Å². The van der Waals surface area contributed by atoms with Gasteiger partial charge in [0.2, 0.25) is 0 Å². The standard InChI is InChI=1S/C26H33N3O/c1-20(11-12-24-22(3)10-7-16-26(24,4)5)8-6-9-21(2)13-19-28-29-25(30)23-14-17-27-18-15-23/h6,8-9,11-15,17-19H,7,10,16H2,1-5H3,(H,29,30)/b9-6+,12-11?,20-8+,21-13-,28-19+. The molecule has 4 nitrogen and oxygen atoms in total. The zero-order valence-corrected chi connectivity index (χ0v) is 18.8. The first-order valence-corrected chi connectivity index (χ1v) is 10.4. The highest BCUT2D eigenvalue weighted by atomic mass is 16.2. The number of amides is 1. The number of hydrazone groups is 1. The number of nitrogens with one attached hydrogen (secondary N) is 1. The van der Waals surface area contributed by atoms with Crippen LogP contribution in [0, 0.1) is 5.41 Å². The van der Waals surface area contributed by atoms with Crippen molar-refractivity contribution in [3.8, 4) is 0 Å². The minimum atomic E-state index is -0.257. The number of pyridine rings is 1. The van der Waals surface area contributed by atoms with Crippen molar-refractivity contribution in [1.29, 1.82) is 0 Å². The summed E-state index contributed by atoms with van der Waals surface area (Å²) in [5.74, 6) is -0.257. The monoisotopic (exact) mass is 403 g/mol. The first-order valence-electron chi connectivity index (χ1n) is 10.4. The molecule has 1 heterocycles. The zero-order valence-electron chi connectivity index (χ0n) is 18.8. The topological polar surface area (TPSA) is 54.4 Å². The van der Waals surface area contributed by atoms with Gasteiger partial charge in [-0.15, -0.1) is 0 Å². The van der Waals surface area contributed by atoms with Crippen molar-refractivity contribution in [2.45, 2.75) is 53.9 Å². The van der Waals surface area contributed by atoms with Crippen molar-refractivity contribution in [2.75, 3.05) is 0 Å². The maximum absolute atomic E-state index is 11.9. The molecule has 1 amide bonds. The molecule has 0 aromatic carbocycles. The van der Waals surface area contributed by atoms with Crippen LogP contribution < -0.4 is 5.43 Å². The van der Waals surface area contributed by atoms with Gasteiger partial charge in [0.25, 0.3) is 5.91 Å². The average molecular weight is 404 g/mol. The van der Waals surface area contributed by atoms with E-state index in [1.165, 1.54) is 36.0 Å². The Labute approximate surface area is 180 Å². The van der Waals surface area contributed by atoms with Crippen molar-refractivity contribution in [1.82, 2.24) is 10.4 Å². The lowest BCUT2D eigenvalue weighted by molar-refractivity contribution is 0.0955. The first kappa shape index (κ1) is 23.3. The van der Waals surface area contributed by atoms with Gasteiger partial charge in [-0.2, -0.15) is 5.10 Å². The van der Waals surface area contributed by atoms with E-state index < -0.39 is 0 Å². The summed E-state index contributed by atoms with van der Waals surface area (Å²) in [4.78, 5) is 15.8. The number of hydrogen-bond donors (Lipinski definition) is 1. The minimum Gasteiger partial charge on any atom is -0.267 e. The van der Waals surface area contributed by atoms with Gasteiger partial charge < -0.3 is 0 Å². The van der Waals surface area contributed by atoms with Crippen molar-refractivity contribution >= 4 is 12.1 Å². The van der Waals surface area contributed by atoms with Gasteiger partial charge in [-0.05, 0) is 74.8 Å². The van der Waals surface area contributed by atoms with Crippen LogP contribution in [-0.4, -0.2) is 17.1 Å². The Balaban J connectivity index is 1.88. The Bertz CT molecular complexity index is 913. The van der Waals surface area contributed by atoms with Gasteiger partial charge in [0, 0.05) is 24.2 Å². The number of allylic oxidation sites excluding steroid dienone is 10.